The highest BCUT2D eigenvalue weighted by Crippen LogP contribution is 2.44. The first-order chi connectivity index (χ1) is 13.4. The molecule has 0 aliphatic rings. The first-order valence-corrected chi connectivity index (χ1v) is 8.67. The van der Waals surface area contributed by atoms with Gasteiger partial charge in [0.05, 0.1) is 5.56 Å². The van der Waals surface area contributed by atoms with E-state index >= 15 is 0 Å². The van der Waals surface area contributed by atoms with Gasteiger partial charge >= 0.3 is 6.18 Å². The molecule has 0 fully saturated rings. The first-order valence-electron chi connectivity index (χ1n) is 8.67. The second kappa shape index (κ2) is 6.68. The topological polar surface area (TPSA) is 32.6 Å². The minimum Gasteiger partial charge on any atom is -0.507 e. The summed E-state index contributed by atoms with van der Waals surface area (Å²) in [5.74, 6) is -0.222. The average Bonchev–Trinajstić information content (AvgIpc) is 2.67. The minimum atomic E-state index is -4.54. The van der Waals surface area contributed by atoms with Gasteiger partial charge in [0.15, 0.2) is 0 Å². The van der Waals surface area contributed by atoms with Gasteiger partial charge in [-0.3, -0.25) is 4.99 Å². The molecule has 0 aromatic heterocycles. The number of fused-ring (bicyclic) bond motifs is 2. The lowest BCUT2D eigenvalue weighted by Crippen LogP contribution is -2.06. The Balaban J connectivity index is 2.19. The number of hydrogen-bond donors (Lipinski definition) is 1. The van der Waals surface area contributed by atoms with E-state index in [4.69, 9.17) is 0 Å². The van der Waals surface area contributed by atoms with Gasteiger partial charge < -0.3 is 5.11 Å². The van der Waals surface area contributed by atoms with Crippen molar-refractivity contribution in [2.75, 3.05) is 7.05 Å². The van der Waals surface area contributed by atoms with Crippen molar-refractivity contribution >= 4 is 27.8 Å². The molecule has 0 radical (unpaired) electrons. The number of halogens is 3. The molecule has 1 N–H and O–H groups in total. The largest absolute Gasteiger partial charge is 0.507 e. The molecule has 0 bridgehead atoms. The van der Waals surface area contributed by atoms with Crippen molar-refractivity contribution < 1.29 is 18.3 Å². The molecule has 0 saturated carbocycles. The number of aliphatic imine (C=N–C) groups is 1. The molecular formula is C23H16F3NO. The molecule has 0 saturated heterocycles. The lowest BCUT2D eigenvalue weighted by molar-refractivity contribution is -0.137. The zero-order chi connectivity index (χ0) is 19.9. The molecular weight excluding hydrogens is 363 g/mol. The number of alkyl halides is 3. The highest BCUT2D eigenvalue weighted by Gasteiger charge is 2.32. The van der Waals surface area contributed by atoms with Crippen LogP contribution in [0.1, 0.15) is 11.1 Å². The Morgan fingerprint density at radius 3 is 1.96 bits per heavy atom. The third-order valence-corrected chi connectivity index (χ3v) is 4.78. The van der Waals surface area contributed by atoms with Gasteiger partial charge in [-0.2, -0.15) is 13.2 Å². The number of nitrogens with zero attached hydrogens (tertiary/aromatic N) is 1. The Labute approximate surface area is 159 Å². The Morgan fingerprint density at radius 2 is 1.43 bits per heavy atom. The van der Waals surface area contributed by atoms with E-state index < -0.39 is 11.7 Å². The molecule has 0 atom stereocenters. The van der Waals surface area contributed by atoms with Gasteiger partial charge in [-0.25, -0.2) is 0 Å². The van der Waals surface area contributed by atoms with E-state index in [2.05, 4.69) is 4.99 Å². The van der Waals surface area contributed by atoms with E-state index in [0.29, 0.717) is 5.56 Å². The molecule has 140 valence electrons. The van der Waals surface area contributed by atoms with Crippen LogP contribution >= 0.6 is 0 Å². The van der Waals surface area contributed by atoms with E-state index in [1.165, 1.54) is 13.3 Å². The second-order valence-corrected chi connectivity index (χ2v) is 6.54. The SMILES string of the molecule is CN=Cc1cc(C(F)(F)F)cc(-c2c3ccccc3cc3ccccc23)c1O. The van der Waals surface area contributed by atoms with Crippen molar-refractivity contribution in [1.29, 1.82) is 0 Å². The van der Waals surface area contributed by atoms with Gasteiger partial charge in [0.25, 0.3) is 0 Å². The molecule has 4 aromatic carbocycles. The maximum Gasteiger partial charge on any atom is 0.416 e. The van der Waals surface area contributed by atoms with Crippen molar-refractivity contribution in [2.45, 2.75) is 6.18 Å². The van der Waals surface area contributed by atoms with Crippen LogP contribution in [-0.2, 0) is 6.18 Å². The van der Waals surface area contributed by atoms with E-state index in [1.807, 2.05) is 54.6 Å². The average molecular weight is 379 g/mol. The van der Waals surface area contributed by atoms with Crippen LogP contribution in [0, 0.1) is 0 Å². The Kier molecular flexibility index (Phi) is 4.30. The molecule has 0 aliphatic carbocycles. The number of aromatic hydroxyl groups is 1. The summed E-state index contributed by atoms with van der Waals surface area (Å²) < 4.78 is 40.6. The van der Waals surface area contributed by atoms with Gasteiger partial charge in [0.2, 0.25) is 0 Å². The van der Waals surface area contributed by atoms with Crippen LogP contribution in [0.3, 0.4) is 0 Å². The summed E-state index contributed by atoms with van der Waals surface area (Å²) >= 11 is 0. The van der Waals surface area contributed by atoms with Crippen LogP contribution in [0.5, 0.6) is 5.75 Å². The fourth-order valence-electron chi connectivity index (χ4n) is 3.55. The van der Waals surface area contributed by atoms with Gasteiger partial charge in [0, 0.05) is 30.0 Å². The molecule has 0 unspecified atom stereocenters. The van der Waals surface area contributed by atoms with Crippen LogP contribution in [-0.4, -0.2) is 18.4 Å². The maximum atomic E-state index is 13.5. The number of hydrogen-bond acceptors (Lipinski definition) is 2. The van der Waals surface area contributed by atoms with Crippen LogP contribution in [0.2, 0.25) is 0 Å². The molecule has 28 heavy (non-hydrogen) atoms. The number of phenolic OH excluding ortho intramolecular Hbond substituents is 1. The molecule has 0 heterocycles. The van der Waals surface area contributed by atoms with Crippen molar-refractivity contribution in [3.8, 4) is 16.9 Å². The van der Waals surface area contributed by atoms with Crippen molar-refractivity contribution in [2.24, 2.45) is 4.99 Å². The predicted molar refractivity (Wildman–Crippen MR) is 107 cm³/mol. The summed E-state index contributed by atoms with van der Waals surface area (Å²) in [6, 6.07) is 18.9. The van der Waals surface area contributed by atoms with Crippen LogP contribution in [0.25, 0.3) is 32.7 Å². The third-order valence-electron chi connectivity index (χ3n) is 4.78. The lowest BCUT2D eigenvalue weighted by atomic mass is 9.89. The molecule has 4 aromatic rings. The van der Waals surface area contributed by atoms with E-state index in [0.717, 1.165) is 33.7 Å². The quantitative estimate of drug-likeness (QED) is 0.316. The normalized spacial score (nSPS) is 12.3. The van der Waals surface area contributed by atoms with E-state index in [-0.39, 0.29) is 16.9 Å². The van der Waals surface area contributed by atoms with Gasteiger partial charge in [0.1, 0.15) is 5.75 Å². The fourth-order valence-corrected chi connectivity index (χ4v) is 3.55. The molecule has 0 amide bonds. The number of benzene rings is 4. The van der Waals surface area contributed by atoms with E-state index in [1.54, 1.807) is 0 Å². The highest BCUT2D eigenvalue weighted by atomic mass is 19.4. The summed E-state index contributed by atoms with van der Waals surface area (Å²) in [5, 5.41) is 14.1. The summed E-state index contributed by atoms with van der Waals surface area (Å²) in [7, 11) is 1.45. The predicted octanol–water partition coefficient (Wildman–Crippen LogP) is 6.43. The molecule has 0 spiro atoms. The van der Waals surface area contributed by atoms with Crippen LogP contribution in [0.15, 0.2) is 71.7 Å². The Bertz CT molecular complexity index is 1170. The lowest BCUT2D eigenvalue weighted by Gasteiger charge is -2.17. The molecule has 2 nitrogen and oxygen atoms in total. The first kappa shape index (κ1) is 18.0. The number of phenols is 1. The standard InChI is InChI=1S/C23H16F3NO/c1-27-13-16-11-17(23(24,25)26)12-20(22(16)28)21-18-8-4-2-6-14(18)10-15-7-3-5-9-19(15)21/h2-13,28H,1H3. The number of rotatable bonds is 2. The molecule has 4 rings (SSSR count). The van der Waals surface area contributed by atoms with Gasteiger partial charge in [-0.15, -0.1) is 0 Å². The summed E-state index contributed by atoms with van der Waals surface area (Å²) in [5.41, 5.74) is -0.0858. The maximum absolute atomic E-state index is 13.5. The summed E-state index contributed by atoms with van der Waals surface area (Å²) in [6.07, 6.45) is -3.30. The summed E-state index contributed by atoms with van der Waals surface area (Å²) in [6.45, 7) is 0. The molecule has 5 heteroatoms. The highest BCUT2D eigenvalue weighted by molar-refractivity contribution is 6.14. The third kappa shape index (κ3) is 2.99. The molecule has 0 aliphatic heterocycles. The Hall–Kier alpha value is -3.34. The van der Waals surface area contributed by atoms with Crippen molar-refractivity contribution in [3.05, 3.63) is 77.9 Å². The smallest absolute Gasteiger partial charge is 0.416 e. The van der Waals surface area contributed by atoms with Crippen LogP contribution < -0.4 is 0 Å². The second-order valence-electron chi connectivity index (χ2n) is 6.54. The zero-order valence-corrected chi connectivity index (χ0v) is 15.0. The van der Waals surface area contributed by atoms with Crippen molar-refractivity contribution in [3.63, 3.8) is 0 Å². The fraction of sp³-hybridized carbons (Fsp3) is 0.0870. The van der Waals surface area contributed by atoms with E-state index in [9.17, 15) is 18.3 Å². The van der Waals surface area contributed by atoms with Gasteiger partial charge in [-0.1, -0.05) is 48.5 Å². The summed E-state index contributed by atoms with van der Waals surface area (Å²) in [4.78, 5) is 3.80. The monoisotopic (exact) mass is 379 g/mol. The Morgan fingerprint density at radius 1 is 0.857 bits per heavy atom. The minimum absolute atomic E-state index is 0.0318. The van der Waals surface area contributed by atoms with Crippen molar-refractivity contribution in [1.82, 2.24) is 0 Å². The zero-order valence-electron chi connectivity index (χ0n) is 15.0. The van der Waals surface area contributed by atoms with Gasteiger partial charge in [-0.05, 0) is 39.7 Å². The van der Waals surface area contributed by atoms with Crippen LogP contribution in [0.4, 0.5) is 13.2 Å².